The van der Waals surface area contributed by atoms with Crippen LogP contribution in [0.2, 0.25) is 5.02 Å². The second-order valence-electron chi connectivity index (χ2n) is 13.3. The normalized spacial score (nSPS) is 13.5. The van der Waals surface area contributed by atoms with Gasteiger partial charge in [0.1, 0.15) is 34.7 Å². The van der Waals surface area contributed by atoms with Crippen LogP contribution in [0.5, 0.6) is 0 Å². The second kappa shape index (κ2) is 16.8. The van der Waals surface area contributed by atoms with E-state index in [1.54, 1.807) is 68.4 Å². The minimum absolute atomic E-state index is 0.0580. The molecule has 2 atom stereocenters. The van der Waals surface area contributed by atoms with Gasteiger partial charge in [-0.25, -0.2) is 18.8 Å². The zero-order valence-corrected chi connectivity index (χ0v) is 27.7. The summed E-state index contributed by atoms with van der Waals surface area (Å²) in [6.45, 7) is 16.5. The van der Waals surface area contributed by atoms with Gasteiger partial charge in [0.25, 0.3) is 0 Å². The third kappa shape index (κ3) is 17.7. The molecule has 0 spiro atoms. The molecule has 0 heterocycles. The van der Waals surface area contributed by atoms with Crippen molar-refractivity contribution in [2.75, 3.05) is 6.54 Å². The minimum Gasteiger partial charge on any atom is -0.460 e. The molecule has 2 unspecified atom stereocenters. The van der Waals surface area contributed by atoms with Crippen molar-refractivity contribution >= 4 is 35.5 Å². The Bertz CT molecular complexity index is 1090. The molecule has 0 aliphatic rings. The summed E-state index contributed by atoms with van der Waals surface area (Å²) in [5, 5.41) is 8.44. The third-order valence-electron chi connectivity index (χ3n) is 5.46. The number of benzene rings is 1. The zero-order chi connectivity index (χ0) is 33.0. The van der Waals surface area contributed by atoms with E-state index in [1.807, 2.05) is 0 Å². The molecule has 0 radical (unpaired) electrons. The Labute approximate surface area is 260 Å². The van der Waals surface area contributed by atoms with E-state index in [0.717, 1.165) is 5.56 Å². The van der Waals surface area contributed by atoms with E-state index < -0.39 is 58.6 Å². The van der Waals surface area contributed by atoms with Gasteiger partial charge in [-0.1, -0.05) is 17.7 Å². The van der Waals surface area contributed by atoms with Crippen molar-refractivity contribution in [1.29, 1.82) is 0 Å². The summed E-state index contributed by atoms with van der Waals surface area (Å²) in [5.41, 5.74) is -1.56. The molecule has 43 heavy (non-hydrogen) atoms. The molecule has 3 N–H and O–H groups in total. The number of hydrogen-bond acceptors (Lipinski definition) is 8. The first-order valence-corrected chi connectivity index (χ1v) is 14.9. The molecule has 0 aliphatic carbocycles. The molecule has 0 bridgehead atoms. The number of nitrogens with one attached hydrogen (secondary N) is 3. The molecule has 0 aromatic heterocycles. The van der Waals surface area contributed by atoms with Crippen molar-refractivity contribution in [3.8, 4) is 0 Å². The monoisotopic (exact) mass is 629 g/mol. The van der Waals surface area contributed by atoms with Gasteiger partial charge in [0.05, 0.1) is 5.02 Å². The first-order chi connectivity index (χ1) is 19.6. The molecular weight excluding hydrogens is 581 g/mol. The SMILES string of the molecule is CC(C)(C)OC(=O)CCC(NC(=O)NC(CCCCNCc1ccc(Cl)c(F)c1)C(=O)OC(C)(C)C)C(=O)OC(C)(C)C. The van der Waals surface area contributed by atoms with E-state index in [9.17, 15) is 23.6 Å². The molecule has 1 rings (SSSR count). The highest BCUT2D eigenvalue weighted by molar-refractivity contribution is 6.30. The maximum Gasteiger partial charge on any atom is 0.329 e. The van der Waals surface area contributed by atoms with Crippen molar-refractivity contribution in [3.63, 3.8) is 0 Å². The summed E-state index contributed by atoms with van der Waals surface area (Å²) < 4.78 is 29.9. The molecule has 12 heteroatoms. The second-order valence-corrected chi connectivity index (χ2v) is 13.7. The Morgan fingerprint density at radius 3 is 1.79 bits per heavy atom. The number of ether oxygens (including phenoxy) is 3. The van der Waals surface area contributed by atoms with Crippen LogP contribution in [0.15, 0.2) is 18.2 Å². The maximum absolute atomic E-state index is 13.6. The number of unbranched alkanes of at least 4 members (excludes halogenated alkanes) is 1. The van der Waals surface area contributed by atoms with Crippen molar-refractivity contribution in [2.45, 2.75) is 130 Å². The average molecular weight is 630 g/mol. The number of rotatable bonds is 14. The summed E-state index contributed by atoms with van der Waals surface area (Å²) in [6.07, 6.45) is 1.30. The molecular formula is C31H49ClFN3O7. The van der Waals surface area contributed by atoms with Crippen LogP contribution < -0.4 is 16.0 Å². The zero-order valence-electron chi connectivity index (χ0n) is 27.0. The highest BCUT2D eigenvalue weighted by Crippen LogP contribution is 2.17. The van der Waals surface area contributed by atoms with Gasteiger partial charge in [-0.2, -0.15) is 0 Å². The van der Waals surface area contributed by atoms with Crippen LogP contribution >= 0.6 is 11.6 Å². The molecule has 10 nitrogen and oxygen atoms in total. The largest absolute Gasteiger partial charge is 0.460 e. The van der Waals surface area contributed by atoms with Crippen LogP contribution in [0.1, 0.15) is 100.0 Å². The molecule has 0 fully saturated rings. The van der Waals surface area contributed by atoms with Gasteiger partial charge >= 0.3 is 23.9 Å². The van der Waals surface area contributed by atoms with Gasteiger partial charge in [-0.05, 0) is 112 Å². The lowest BCUT2D eigenvalue weighted by molar-refractivity contribution is -0.159. The number of amides is 2. The van der Waals surface area contributed by atoms with Gasteiger partial charge in [0.2, 0.25) is 0 Å². The molecule has 0 aliphatic heterocycles. The predicted octanol–water partition coefficient (Wildman–Crippen LogP) is 5.58. The molecule has 0 saturated heterocycles. The molecule has 1 aromatic rings. The van der Waals surface area contributed by atoms with Crippen molar-refractivity contribution in [2.24, 2.45) is 0 Å². The molecule has 0 saturated carbocycles. The summed E-state index contributed by atoms with van der Waals surface area (Å²) in [6, 6.07) is 1.67. The number of urea groups is 1. The minimum atomic E-state index is -1.16. The lowest BCUT2D eigenvalue weighted by Crippen LogP contribution is -2.53. The van der Waals surface area contributed by atoms with E-state index in [4.69, 9.17) is 25.8 Å². The maximum atomic E-state index is 13.6. The predicted molar refractivity (Wildman–Crippen MR) is 163 cm³/mol. The quantitative estimate of drug-likeness (QED) is 0.138. The van der Waals surface area contributed by atoms with Crippen molar-refractivity contribution in [1.82, 2.24) is 16.0 Å². The molecule has 244 valence electrons. The van der Waals surface area contributed by atoms with Crippen LogP contribution in [-0.4, -0.2) is 59.4 Å². The number of hydrogen-bond donors (Lipinski definition) is 3. The Kier molecular flexibility index (Phi) is 14.9. The smallest absolute Gasteiger partial charge is 0.329 e. The van der Waals surface area contributed by atoms with Crippen LogP contribution in [0.25, 0.3) is 0 Å². The van der Waals surface area contributed by atoms with Crippen LogP contribution in [0.3, 0.4) is 0 Å². The van der Waals surface area contributed by atoms with E-state index in [0.29, 0.717) is 25.9 Å². The van der Waals surface area contributed by atoms with Gasteiger partial charge in [0, 0.05) is 13.0 Å². The van der Waals surface area contributed by atoms with Crippen molar-refractivity contribution < 1.29 is 37.8 Å². The highest BCUT2D eigenvalue weighted by Gasteiger charge is 2.31. The standard InChI is InChI=1S/C31H49ClFN3O7/c1-29(2,3)41-25(37)16-15-24(27(39)43-31(7,8)9)36-28(40)35-23(26(38)42-30(4,5)6)12-10-11-17-34-19-20-13-14-21(32)22(33)18-20/h13-14,18,23-24,34H,10-12,15-17,19H2,1-9H3,(H2,35,36,40). The number of carbonyl (C=O) groups is 4. The number of carbonyl (C=O) groups excluding carboxylic acids is 4. The molecule has 1 aromatic carbocycles. The van der Waals surface area contributed by atoms with Gasteiger partial charge in [0.15, 0.2) is 0 Å². The lowest BCUT2D eigenvalue weighted by Gasteiger charge is -2.27. The Morgan fingerprint density at radius 1 is 0.791 bits per heavy atom. The lowest BCUT2D eigenvalue weighted by atomic mass is 10.1. The highest BCUT2D eigenvalue weighted by atomic mass is 35.5. The molecule has 2 amide bonds. The fraction of sp³-hybridized carbons (Fsp3) is 0.677. The fourth-order valence-corrected chi connectivity index (χ4v) is 3.85. The first kappa shape index (κ1) is 38.1. The van der Waals surface area contributed by atoms with Gasteiger partial charge in [-0.15, -0.1) is 0 Å². The van der Waals surface area contributed by atoms with E-state index >= 15 is 0 Å². The van der Waals surface area contributed by atoms with Crippen LogP contribution in [0, 0.1) is 5.82 Å². The van der Waals surface area contributed by atoms with Gasteiger partial charge < -0.3 is 30.2 Å². The van der Waals surface area contributed by atoms with Crippen LogP contribution in [-0.2, 0) is 35.1 Å². The average Bonchev–Trinajstić information content (AvgIpc) is 2.81. The third-order valence-corrected chi connectivity index (χ3v) is 5.77. The topological polar surface area (TPSA) is 132 Å². The summed E-state index contributed by atoms with van der Waals surface area (Å²) >= 11 is 5.72. The van der Waals surface area contributed by atoms with Crippen molar-refractivity contribution in [3.05, 3.63) is 34.6 Å². The Hall–Kier alpha value is -2.92. The fourth-order valence-electron chi connectivity index (χ4n) is 3.74. The summed E-state index contributed by atoms with van der Waals surface area (Å²) in [4.78, 5) is 51.1. The summed E-state index contributed by atoms with van der Waals surface area (Å²) in [5.74, 6) is -2.34. The van der Waals surface area contributed by atoms with Crippen LogP contribution in [0.4, 0.5) is 9.18 Å². The van der Waals surface area contributed by atoms with E-state index in [1.165, 1.54) is 12.1 Å². The Morgan fingerprint density at radius 2 is 1.30 bits per heavy atom. The first-order valence-electron chi connectivity index (χ1n) is 14.5. The number of halogens is 2. The van der Waals surface area contributed by atoms with E-state index in [-0.39, 0.29) is 24.3 Å². The van der Waals surface area contributed by atoms with Gasteiger partial charge in [-0.3, -0.25) is 4.79 Å². The number of esters is 3. The van der Waals surface area contributed by atoms with E-state index in [2.05, 4.69) is 16.0 Å². The summed E-state index contributed by atoms with van der Waals surface area (Å²) in [7, 11) is 0. The Balaban J connectivity index is 2.82.